The Morgan fingerprint density at radius 1 is 1.12 bits per heavy atom. The van der Waals surface area contributed by atoms with Gasteiger partial charge in [0.25, 0.3) is 0 Å². The van der Waals surface area contributed by atoms with Gasteiger partial charge in [-0.05, 0) is 0 Å². The van der Waals surface area contributed by atoms with E-state index in [9.17, 15) is 25.0 Å². The summed E-state index contributed by atoms with van der Waals surface area (Å²) in [4.78, 5) is 30.3. The standard InChI is InChI=1S/C10H10N2O5/c13-9(8-4-2-1-3-5-8)6-7-10(11(14)15)12(16)17/h1-5,10H,6-7H2. The van der Waals surface area contributed by atoms with E-state index in [-0.39, 0.29) is 12.2 Å². The van der Waals surface area contributed by atoms with Gasteiger partial charge >= 0.3 is 6.17 Å². The van der Waals surface area contributed by atoms with Crippen molar-refractivity contribution < 1.29 is 14.6 Å². The molecule has 0 aromatic heterocycles. The van der Waals surface area contributed by atoms with E-state index in [4.69, 9.17) is 0 Å². The van der Waals surface area contributed by atoms with Crippen molar-refractivity contribution in [1.29, 1.82) is 0 Å². The van der Waals surface area contributed by atoms with Gasteiger partial charge in [-0.2, -0.15) is 0 Å². The maximum Gasteiger partial charge on any atom is 0.451 e. The van der Waals surface area contributed by atoms with Crippen LogP contribution in [0, 0.1) is 20.2 Å². The summed E-state index contributed by atoms with van der Waals surface area (Å²) >= 11 is 0. The first kappa shape index (κ1) is 12.8. The lowest BCUT2D eigenvalue weighted by molar-refractivity contribution is -0.742. The van der Waals surface area contributed by atoms with Crippen LogP contribution in [0.15, 0.2) is 30.3 Å². The third-order valence-corrected chi connectivity index (χ3v) is 2.21. The van der Waals surface area contributed by atoms with E-state index in [2.05, 4.69) is 0 Å². The summed E-state index contributed by atoms with van der Waals surface area (Å²) in [5.41, 5.74) is 0.401. The van der Waals surface area contributed by atoms with Gasteiger partial charge in [0.1, 0.15) is 0 Å². The minimum atomic E-state index is -1.91. The monoisotopic (exact) mass is 238 g/mol. The smallest absolute Gasteiger partial charge is 0.294 e. The quantitative estimate of drug-likeness (QED) is 0.323. The van der Waals surface area contributed by atoms with E-state index in [1.807, 2.05) is 0 Å². The molecular weight excluding hydrogens is 228 g/mol. The van der Waals surface area contributed by atoms with Crippen LogP contribution in [0.25, 0.3) is 0 Å². The van der Waals surface area contributed by atoms with Gasteiger partial charge in [0.2, 0.25) is 0 Å². The van der Waals surface area contributed by atoms with E-state index in [1.54, 1.807) is 30.3 Å². The molecule has 0 unspecified atom stereocenters. The van der Waals surface area contributed by atoms with Crippen LogP contribution in [0.1, 0.15) is 23.2 Å². The Labute approximate surface area is 96.4 Å². The van der Waals surface area contributed by atoms with Crippen LogP contribution in [0.5, 0.6) is 0 Å². The normalized spacial score (nSPS) is 10.2. The van der Waals surface area contributed by atoms with Crippen molar-refractivity contribution in [3.05, 3.63) is 56.1 Å². The number of nitrogens with zero attached hydrogens (tertiary/aromatic N) is 2. The number of ketones is 1. The third kappa shape index (κ3) is 3.63. The van der Waals surface area contributed by atoms with Crippen molar-refractivity contribution in [2.45, 2.75) is 19.0 Å². The fraction of sp³-hybridized carbons (Fsp3) is 0.300. The van der Waals surface area contributed by atoms with Crippen molar-refractivity contribution in [1.82, 2.24) is 0 Å². The van der Waals surface area contributed by atoms with E-state index in [0.29, 0.717) is 5.56 Å². The Morgan fingerprint density at radius 3 is 2.12 bits per heavy atom. The molecule has 17 heavy (non-hydrogen) atoms. The molecule has 0 aliphatic heterocycles. The second-order valence-electron chi connectivity index (χ2n) is 3.38. The Bertz CT molecular complexity index is 418. The third-order valence-electron chi connectivity index (χ3n) is 2.21. The molecule has 0 amide bonds. The first-order valence-electron chi connectivity index (χ1n) is 4.87. The molecule has 0 fully saturated rings. The Morgan fingerprint density at radius 2 is 1.65 bits per heavy atom. The number of rotatable bonds is 6. The second kappa shape index (κ2) is 5.69. The first-order valence-corrected chi connectivity index (χ1v) is 4.87. The lowest BCUT2D eigenvalue weighted by Gasteiger charge is -2.02. The first-order chi connectivity index (χ1) is 8.02. The van der Waals surface area contributed by atoms with Crippen LogP contribution in [0.2, 0.25) is 0 Å². The molecule has 1 aromatic rings. The van der Waals surface area contributed by atoms with Crippen LogP contribution in [-0.4, -0.2) is 21.8 Å². The Kier molecular flexibility index (Phi) is 4.27. The molecular formula is C10H10N2O5. The SMILES string of the molecule is O=C(CCC([N+](=O)[O-])[N+](=O)[O-])c1ccccc1. The number of carbonyl (C=O) groups excluding carboxylic acids is 1. The summed E-state index contributed by atoms with van der Waals surface area (Å²) in [6.45, 7) is 0. The molecule has 7 nitrogen and oxygen atoms in total. The van der Waals surface area contributed by atoms with Crippen molar-refractivity contribution in [3.63, 3.8) is 0 Å². The van der Waals surface area contributed by atoms with Gasteiger partial charge in [-0.15, -0.1) is 0 Å². The fourth-order valence-corrected chi connectivity index (χ4v) is 1.32. The number of hydrogen-bond donors (Lipinski definition) is 0. The van der Waals surface area contributed by atoms with Crippen LogP contribution < -0.4 is 0 Å². The minimum Gasteiger partial charge on any atom is -0.294 e. The highest BCUT2D eigenvalue weighted by atomic mass is 16.7. The maximum absolute atomic E-state index is 11.5. The Balaban J connectivity index is 2.59. The van der Waals surface area contributed by atoms with E-state index < -0.39 is 22.4 Å². The molecule has 1 rings (SSSR count). The molecule has 0 spiro atoms. The molecule has 0 saturated carbocycles. The zero-order valence-corrected chi connectivity index (χ0v) is 8.81. The van der Waals surface area contributed by atoms with E-state index in [0.717, 1.165) is 0 Å². The number of carbonyl (C=O) groups is 1. The lowest BCUT2D eigenvalue weighted by atomic mass is 10.1. The second-order valence-corrected chi connectivity index (χ2v) is 3.38. The summed E-state index contributed by atoms with van der Waals surface area (Å²) in [6.07, 6.45) is -2.52. The van der Waals surface area contributed by atoms with E-state index in [1.165, 1.54) is 0 Å². The number of hydrogen-bond acceptors (Lipinski definition) is 5. The average Bonchev–Trinajstić information content (AvgIpc) is 2.29. The van der Waals surface area contributed by atoms with Gasteiger partial charge in [0.05, 0.1) is 16.3 Å². The molecule has 0 N–H and O–H groups in total. The molecule has 0 saturated heterocycles. The molecule has 1 aromatic carbocycles. The molecule has 0 radical (unpaired) electrons. The Hall–Kier alpha value is -2.31. The molecule has 0 heterocycles. The molecule has 0 bridgehead atoms. The summed E-state index contributed by atoms with van der Waals surface area (Å²) < 4.78 is 0. The molecule has 0 atom stereocenters. The van der Waals surface area contributed by atoms with Crippen LogP contribution >= 0.6 is 0 Å². The van der Waals surface area contributed by atoms with E-state index >= 15 is 0 Å². The topological polar surface area (TPSA) is 103 Å². The van der Waals surface area contributed by atoms with Crippen molar-refractivity contribution in [2.75, 3.05) is 0 Å². The maximum atomic E-state index is 11.5. The molecule has 0 aliphatic rings. The molecule has 90 valence electrons. The zero-order valence-electron chi connectivity index (χ0n) is 8.81. The predicted octanol–water partition coefficient (Wildman–Crippen LogP) is 1.53. The van der Waals surface area contributed by atoms with Crippen molar-refractivity contribution >= 4 is 5.78 Å². The number of benzene rings is 1. The highest BCUT2D eigenvalue weighted by Gasteiger charge is 2.32. The van der Waals surface area contributed by atoms with Gasteiger partial charge in [0.15, 0.2) is 5.78 Å². The zero-order chi connectivity index (χ0) is 12.8. The van der Waals surface area contributed by atoms with Gasteiger partial charge in [0, 0.05) is 12.0 Å². The summed E-state index contributed by atoms with van der Waals surface area (Å²) in [5.74, 6) is -0.334. The predicted molar refractivity (Wildman–Crippen MR) is 57.8 cm³/mol. The van der Waals surface area contributed by atoms with Gasteiger partial charge < -0.3 is 0 Å². The summed E-state index contributed by atoms with van der Waals surface area (Å²) in [7, 11) is 0. The number of nitro groups is 2. The largest absolute Gasteiger partial charge is 0.451 e. The minimum absolute atomic E-state index is 0.212. The summed E-state index contributed by atoms with van der Waals surface area (Å²) in [5, 5.41) is 20.7. The molecule has 7 heteroatoms. The summed E-state index contributed by atoms with van der Waals surface area (Å²) in [6, 6.07) is 8.18. The highest BCUT2D eigenvalue weighted by molar-refractivity contribution is 5.95. The van der Waals surface area contributed by atoms with Crippen LogP contribution in [-0.2, 0) is 0 Å². The lowest BCUT2D eigenvalue weighted by Crippen LogP contribution is -2.29. The van der Waals surface area contributed by atoms with Crippen LogP contribution in [0.3, 0.4) is 0 Å². The van der Waals surface area contributed by atoms with Gasteiger partial charge in [-0.1, -0.05) is 30.3 Å². The van der Waals surface area contributed by atoms with Crippen LogP contribution in [0.4, 0.5) is 0 Å². The number of Topliss-reactive ketones (excluding diaryl/α,β-unsaturated/α-hetero) is 1. The average molecular weight is 238 g/mol. The van der Waals surface area contributed by atoms with Gasteiger partial charge in [-0.3, -0.25) is 25.0 Å². The molecule has 0 aliphatic carbocycles. The van der Waals surface area contributed by atoms with Crippen molar-refractivity contribution in [3.8, 4) is 0 Å². The van der Waals surface area contributed by atoms with Gasteiger partial charge in [-0.25, -0.2) is 0 Å². The van der Waals surface area contributed by atoms with Crippen molar-refractivity contribution in [2.24, 2.45) is 0 Å². The highest BCUT2D eigenvalue weighted by Crippen LogP contribution is 2.08. The fourth-order valence-electron chi connectivity index (χ4n) is 1.32.